The fourth-order valence-electron chi connectivity index (χ4n) is 2.86. The van der Waals surface area contributed by atoms with Crippen LogP contribution >= 0.6 is 0 Å². The van der Waals surface area contributed by atoms with Crippen molar-refractivity contribution in [1.29, 1.82) is 5.26 Å². The molecule has 108 valence electrons. The monoisotopic (exact) mass is 290 g/mol. The fraction of sp³-hybridized carbons (Fsp3) is 0.250. The molecule has 1 aromatic carbocycles. The number of rotatable bonds is 2. The molecule has 0 bridgehead atoms. The van der Waals surface area contributed by atoms with E-state index >= 15 is 0 Å². The van der Waals surface area contributed by atoms with Crippen LogP contribution in [-0.4, -0.2) is 32.8 Å². The minimum atomic E-state index is 0.273. The van der Waals surface area contributed by atoms with Gasteiger partial charge in [0.25, 0.3) is 0 Å². The number of anilines is 1. The Morgan fingerprint density at radius 2 is 2.05 bits per heavy atom. The SMILES string of the molecule is N#Cc1cnn(C2CCN(c3cnc4ccccc4n3)C2)c1. The average Bonchev–Trinajstić information content (AvgIpc) is 3.23. The average molecular weight is 290 g/mol. The molecule has 1 aliphatic heterocycles. The summed E-state index contributed by atoms with van der Waals surface area (Å²) in [5, 5.41) is 13.2. The molecule has 4 rings (SSSR count). The molecular weight excluding hydrogens is 276 g/mol. The minimum absolute atomic E-state index is 0.273. The van der Waals surface area contributed by atoms with Crippen molar-refractivity contribution in [2.75, 3.05) is 18.0 Å². The highest BCUT2D eigenvalue weighted by Crippen LogP contribution is 2.26. The summed E-state index contributed by atoms with van der Waals surface area (Å²) in [4.78, 5) is 11.4. The van der Waals surface area contributed by atoms with Gasteiger partial charge in [-0.1, -0.05) is 12.1 Å². The van der Waals surface area contributed by atoms with Crippen LogP contribution in [-0.2, 0) is 0 Å². The van der Waals surface area contributed by atoms with Crippen LogP contribution in [0.5, 0.6) is 0 Å². The maximum Gasteiger partial charge on any atom is 0.147 e. The Morgan fingerprint density at radius 3 is 2.86 bits per heavy atom. The van der Waals surface area contributed by atoms with E-state index in [0.717, 1.165) is 36.4 Å². The topological polar surface area (TPSA) is 70.6 Å². The standard InChI is InChI=1S/C16H14N6/c17-7-12-8-19-22(10-12)13-5-6-21(11-13)16-9-18-14-3-1-2-4-15(14)20-16/h1-4,8-10,13H,5-6,11H2. The van der Waals surface area contributed by atoms with Gasteiger partial charge in [0, 0.05) is 19.3 Å². The van der Waals surface area contributed by atoms with Gasteiger partial charge in [0.1, 0.15) is 11.9 Å². The van der Waals surface area contributed by atoms with E-state index in [0.29, 0.717) is 5.56 Å². The van der Waals surface area contributed by atoms with E-state index in [-0.39, 0.29) is 6.04 Å². The van der Waals surface area contributed by atoms with Gasteiger partial charge in [-0.05, 0) is 18.6 Å². The molecular formula is C16H14N6. The van der Waals surface area contributed by atoms with Gasteiger partial charge in [-0.25, -0.2) is 4.98 Å². The number of hydrogen-bond acceptors (Lipinski definition) is 5. The molecule has 0 amide bonds. The third-order valence-corrected chi connectivity index (χ3v) is 4.03. The Labute approximate surface area is 127 Å². The fourth-order valence-corrected chi connectivity index (χ4v) is 2.86. The molecule has 3 aromatic rings. The van der Waals surface area contributed by atoms with Crippen LogP contribution in [0.1, 0.15) is 18.0 Å². The van der Waals surface area contributed by atoms with Gasteiger partial charge in [0.15, 0.2) is 0 Å². The molecule has 0 spiro atoms. The van der Waals surface area contributed by atoms with Crippen LogP contribution in [0.2, 0.25) is 0 Å². The molecule has 1 unspecified atom stereocenters. The number of benzene rings is 1. The summed E-state index contributed by atoms with van der Waals surface area (Å²) in [6.45, 7) is 1.75. The Hall–Kier alpha value is -2.94. The van der Waals surface area contributed by atoms with E-state index in [4.69, 9.17) is 5.26 Å². The zero-order valence-electron chi connectivity index (χ0n) is 11.9. The third kappa shape index (κ3) is 2.17. The Morgan fingerprint density at radius 1 is 1.18 bits per heavy atom. The van der Waals surface area contributed by atoms with Crippen LogP contribution in [0.3, 0.4) is 0 Å². The molecule has 6 heteroatoms. The molecule has 0 radical (unpaired) electrons. The highest BCUT2D eigenvalue weighted by Gasteiger charge is 2.25. The van der Waals surface area contributed by atoms with Crippen molar-refractivity contribution in [2.45, 2.75) is 12.5 Å². The first-order valence-electron chi connectivity index (χ1n) is 7.24. The van der Waals surface area contributed by atoms with E-state index in [2.05, 4.69) is 26.0 Å². The number of nitrogens with zero attached hydrogens (tertiary/aromatic N) is 6. The van der Waals surface area contributed by atoms with Crippen LogP contribution in [0.25, 0.3) is 11.0 Å². The van der Waals surface area contributed by atoms with Crippen molar-refractivity contribution < 1.29 is 0 Å². The first-order chi connectivity index (χ1) is 10.8. The van der Waals surface area contributed by atoms with Crippen molar-refractivity contribution in [3.8, 4) is 6.07 Å². The summed E-state index contributed by atoms with van der Waals surface area (Å²) in [5.41, 5.74) is 2.42. The van der Waals surface area contributed by atoms with Crippen molar-refractivity contribution >= 4 is 16.9 Å². The number of para-hydroxylation sites is 2. The van der Waals surface area contributed by atoms with E-state index in [1.165, 1.54) is 0 Å². The molecule has 1 atom stereocenters. The van der Waals surface area contributed by atoms with Gasteiger partial charge in [0.05, 0.1) is 35.0 Å². The second kappa shape index (κ2) is 5.11. The lowest BCUT2D eigenvalue weighted by molar-refractivity contribution is 0.494. The molecule has 1 saturated heterocycles. The summed E-state index contributed by atoms with van der Waals surface area (Å²) in [6, 6.07) is 10.3. The van der Waals surface area contributed by atoms with E-state index in [1.807, 2.05) is 35.1 Å². The minimum Gasteiger partial charge on any atom is -0.353 e. The summed E-state index contributed by atoms with van der Waals surface area (Å²) in [6.07, 6.45) is 6.23. The summed E-state index contributed by atoms with van der Waals surface area (Å²) < 4.78 is 1.88. The third-order valence-electron chi connectivity index (χ3n) is 4.03. The van der Waals surface area contributed by atoms with Crippen molar-refractivity contribution in [1.82, 2.24) is 19.7 Å². The van der Waals surface area contributed by atoms with Gasteiger partial charge in [-0.2, -0.15) is 10.4 Å². The molecule has 0 saturated carbocycles. The number of fused-ring (bicyclic) bond motifs is 1. The van der Waals surface area contributed by atoms with Gasteiger partial charge in [0.2, 0.25) is 0 Å². The largest absolute Gasteiger partial charge is 0.353 e. The van der Waals surface area contributed by atoms with Crippen molar-refractivity contribution in [3.05, 3.63) is 48.4 Å². The second-order valence-electron chi connectivity index (χ2n) is 5.43. The predicted molar refractivity (Wildman–Crippen MR) is 82.3 cm³/mol. The van der Waals surface area contributed by atoms with Crippen LogP contribution in [0.4, 0.5) is 5.82 Å². The quantitative estimate of drug-likeness (QED) is 0.723. The summed E-state index contributed by atoms with van der Waals surface area (Å²) in [7, 11) is 0. The van der Waals surface area contributed by atoms with Crippen LogP contribution in [0, 0.1) is 11.3 Å². The molecule has 2 aromatic heterocycles. The van der Waals surface area contributed by atoms with E-state index in [9.17, 15) is 0 Å². The molecule has 0 N–H and O–H groups in total. The number of aromatic nitrogens is 4. The smallest absolute Gasteiger partial charge is 0.147 e. The highest BCUT2D eigenvalue weighted by atomic mass is 15.3. The predicted octanol–water partition coefficient (Wildman–Crippen LogP) is 2.15. The summed E-state index contributed by atoms with van der Waals surface area (Å²) in [5.74, 6) is 0.897. The Balaban J connectivity index is 1.57. The normalized spacial score (nSPS) is 17.8. The van der Waals surface area contributed by atoms with Crippen molar-refractivity contribution in [2.24, 2.45) is 0 Å². The maximum absolute atomic E-state index is 8.89. The van der Waals surface area contributed by atoms with E-state index in [1.54, 1.807) is 12.4 Å². The number of nitriles is 1. The Bertz CT molecular complexity index is 862. The highest BCUT2D eigenvalue weighted by molar-refractivity contribution is 5.75. The van der Waals surface area contributed by atoms with Gasteiger partial charge >= 0.3 is 0 Å². The molecule has 0 aliphatic carbocycles. The lowest BCUT2D eigenvalue weighted by atomic mass is 10.3. The van der Waals surface area contributed by atoms with E-state index < -0.39 is 0 Å². The van der Waals surface area contributed by atoms with Crippen LogP contribution < -0.4 is 4.90 Å². The zero-order valence-corrected chi connectivity index (χ0v) is 11.9. The molecule has 1 aliphatic rings. The lowest BCUT2D eigenvalue weighted by Gasteiger charge is -2.17. The second-order valence-corrected chi connectivity index (χ2v) is 5.43. The molecule has 6 nitrogen and oxygen atoms in total. The lowest BCUT2D eigenvalue weighted by Crippen LogP contribution is -2.22. The van der Waals surface area contributed by atoms with Gasteiger partial charge in [-0.3, -0.25) is 9.67 Å². The van der Waals surface area contributed by atoms with Crippen LogP contribution in [0.15, 0.2) is 42.9 Å². The van der Waals surface area contributed by atoms with Gasteiger partial charge < -0.3 is 4.90 Å². The molecule has 22 heavy (non-hydrogen) atoms. The summed E-state index contributed by atoms with van der Waals surface area (Å²) >= 11 is 0. The van der Waals surface area contributed by atoms with Crippen molar-refractivity contribution in [3.63, 3.8) is 0 Å². The first-order valence-corrected chi connectivity index (χ1v) is 7.24. The maximum atomic E-state index is 8.89. The molecule has 3 heterocycles. The molecule has 1 fully saturated rings. The number of hydrogen-bond donors (Lipinski definition) is 0. The Kier molecular flexibility index (Phi) is 2.97. The first kappa shape index (κ1) is 12.8. The van der Waals surface area contributed by atoms with Gasteiger partial charge in [-0.15, -0.1) is 0 Å². The zero-order chi connectivity index (χ0) is 14.9.